The second-order valence-corrected chi connectivity index (χ2v) is 14.7. The van der Waals surface area contributed by atoms with Gasteiger partial charge >= 0.3 is 17.9 Å². The fraction of sp³-hybridized carbons (Fsp3) is 0.694. The fourth-order valence-corrected chi connectivity index (χ4v) is 5.85. The Morgan fingerprint density at radius 1 is 0.382 bits per heavy atom. The lowest BCUT2D eigenvalue weighted by Crippen LogP contribution is -2.30. The van der Waals surface area contributed by atoms with E-state index in [1.54, 1.807) is 0 Å². The quantitative estimate of drug-likeness (QED) is 0.0204. The van der Waals surface area contributed by atoms with Gasteiger partial charge in [-0.2, -0.15) is 0 Å². The fourth-order valence-electron chi connectivity index (χ4n) is 5.85. The van der Waals surface area contributed by atoms with Crippen LogP contribution in [-0.4, -0.2) is 37.2 Å². The molecule has 0 spiro atoms. The Balaban J connectivity index is 4.48. The van der Waals surface area contributed by atoms with Crippen LogP contribution in [0.2, 0.25) is 0 Å². The van der Waals surface area contributed by atoms with E-state index in [0.29, 0.717) is 19.3 Å². The maximum atomic E-state index is 12.7. The first-order valence-corrected chi connectivity index (χ1v) is 22.5. The normalized spacial score (nSPS) is 12.7. The van der Waals surface area contributed by atoms with Gasteiger partial charge in [-0.05, 0) is 89.9 Å². The Morgan fingerprint density at radius 2 is 0.727 bits per heavy atom. The molecule has 0 N–H and O–H groups in total. The molecule has 0 aromatic rings. The molecule has 0 aromatic carbocycles. The van der Waals surface area contributed by atoms with Crippen LogP contribution in [0.4, 0.5) is 0 Å². The molecule has 0 aliphatic carbocycles. The summed E-state index contributed by atoms with van der Waals surface area (Å²) in [7, 11) is 0. The van der Waals surface area contributed by atoms with Crippen LogP contribution < -0.4 is 0 Å². The predicted octanol–water partition coefficient (Wildman–Crippen LogP) is 14.3. The van der Waals surface area contributed by atoms with E-state index in [0.717, 1.165) is 89.9 Å². The summed E-state index contributed by atoms with van der Waals surface area (Å²) in [4.78, 5) is 37.7. The monoisotopic (exact) mass is 767 g/mol. The van der Waals surface area contributed by atoms with Crippen LogP contribution in [0.3, 0.4) is 0 Å². The van der Waals surface area contributed by atoms with E-state index in [4.69, 9.17) is 14.2 Å². The predicted molar refractivity (Wildman–Crippen MR) is 233 cm³/mol. The number of unbranched alkanes of at least 4 members (excludes halogenated alkanes) is 19. The second kappa shape index (κ2) is 43.6. The Morgan fingerprint density at radius 3 is 1.18 bits per heavy atom. The van der Waals surface area contributed by atoms with Crippen molar-refractivity contribution in [2.45, 2.75) is 207 Å². The number of ether oxygens (including phenoxy) is 3. The van der Waals surface area contributed by atoms with Crippen molar-refractivity contribution in [2.75, 3.05) is 13.2 Å². The van der Waals surface area contributed by atoms with Crippen LogP contribution in [0.1, 0.15) is 201 Å². The number of hydrogen-bond donors (Lipinski definition) is 0. The zero-order valence-electron chi connectivity index (χ0n) is 35.7. The molecule has 0 radical (unpaired) electrons. The summed E-state index contributed by atoms with van der Waals surface area (Å²) in [6.07, 6.45) is 53.1. The molecule has 6 nitrogen and oxygen atoms in total. The van der Waals surface area contributed by atoms with Gasteiger partial charge in [0.05, 0.1) is 0 Å². The van der Waals surface area contributed by atoms with Gasteiger partial charge in [0.2, 0.25) is 0 Å². The molecule has 0 aliphatic rings. The molecule has 0 rings (SSSR count). The summed E-state index contributed by atoms with van der Waals surface area (Å²) in [6.45, 7) is 6.37. The molecule has 1 atom stereocenters. The Hall–Kier alpha value is -3.15. The highest BCUT2D eigenvalue weighted by molar-refractivity contribution is 5.71. The zero-order chi connectivity index (χ0) is 40.1. The van der Waals surface area contributed by atoms with Crippen molar-refractivity contribution in [3.63, 3.8) is 0 Å². The molecule has 0 amide bonds. The van der Waals surface area contributed by atoms with Crippen LogP contribution in [0.15, 0.2) is 72.9 Å². The van der Waals surface area contributed by atoms with Crippen LogP contribution in [0, 0.1) is 0 Å². The van der Waals surface area contributed by atoms with Gasteiger partial charge in [-0.15, -0.1) is 0 Å². The molecule has 0 heterocycles. The van der Waals surface area contributed by atoms with Crippen LogP contribution in [-0.2, 0) is 28.6 Å². The maximum absolute atomic E-state index is 12.7. The van der Waals surface area contributed by atoms with Crippen molar-refractivity contribution < 1.29 is 28.6 Å². The third-order valence-electron chi connectivity index (χ3n) is 9.26. The summed E-state index contributed by atoms with van der Waals surface area (Å²) in [5, 5.41) is 0. The van der Waals surface area contributed by atoms with Gasteiger partial charge in [0, 0.05) is 19.3 Å². The zero-order valence-corrected chi connectivity index (χ0v) is 35.7. The second-order valence-electron chi connectivity index (χ2n) is 14.7. The summed E-state index contributed by atoms with van der Waals surface area (Å²) < 4.78 is 16.6. The van der Waals surface area contributed by atoms with Gasteiger partial charge in [-0.25, -0.2) is 0 Å². The summed E-state index contributed by atoms with van der Waals surface area (Å²) in [5.41, 5.74) is 0. The molecule has 1 unspecified atom stereocenters. The van der Waals surface area contributed by atoms with E-state index in [1.165, 1.54) is 70.6 Å². The van der Waals surface area contributed by atoms with E-state index < -0.39 is 6.10 Å². The average molecular weight is 767 g/mol. The minimum absolute atomic E-state index is 0.0968. The highest BCUT2D eigenvalue weighted by Crippen LogP contribution is 2.13. The number of allylic oxidation sites excluding steroid dienone is 12. The maximum Gasteiger partial charge on any atom is 0.306 e. The van der Waals surface area contributed by atoms with Gasteiger partial charge in [-0.3, -0.25) is 14.4 Å². The van der Waals surface area contributed by atoms with Crippen molar-refractivity contribution in [1.29, 1.82) is 0 Å². The smallest absolute Gasteiger partial charge is 0.306 e. The molecular weight excluding hydrogens is 685 g/mol. The minimum Gasteiger partial charge on any atom is -0.462 e. The Bertz CT molecular complexity index is 1070. The summed E-state index contributed by atoms with van der Waals surface area (Å²) in [6, 6.07) is 0. The molecule has 0 saturated heterocycles. The number of esters is 3. The number of rotatable bonds is 39. The molecule has 0 saturated carbocycles. The number of hydrogen-bond acceptors (Lipinski definition) is 6. The number of carbonyl (C=O) groups is 3. The van der Waals surface area contributed by atoms with Crippen molar-refractivity contribution in [3.05, 3.63) is 72.9 Å². The molecule has 0 aromatic heterocycles. The Kier molecular flexibility index (Phi) is 41.1. The van der Waals surface area contributed by atoms with E-state index in [1.807, 2.05) is 36.5 Å². The molecule has 6 heteroatoms. The minimum atomic E-state index is -0.796. The highest BCUT2D eigenvalue weighted by Gasteiger charge is 2.19. The largest absolute Gasteiger partial charge is 0.462 e. The topological polar surface area (TPSA) is 78.9 Å². The lowest BCUT2D eigenvalue weighted by Gasteiger charge is -2.18. The van der Waals surface area contributed by atoms with Gasteiger partial charge in [-0.1, -0.05) is 164 Å². The van der Waals surface area contributed by atoms with Gasteiger partial charge in [0.1, 0.15) is 13.2 Å². The van der Waals surface area contributed by atoms with Crippen LogP contribution in [0.5, 0.6) is 0 Å². The van der Waals surface area contributed by atoms with E-state index in [9.17, 15) is 14.4 Å². The molecule has 0 fully saturated rings. The standard InChI is InChI=1S/C49H82O6/c1-4-7-10-13-16-19-22-25-28-30-33-36-39-42-48(51)54-45-46(55-49(52)43-40-37-34-31-27-24-21-18-15-12-9-6-3)44-53-47(50)41-38-35-32-29-26-23-20-17-14-11-8-5-2/h7,10,13,16-22,25,28,46H,4-6,8-9,11-12,14-15,23-24,26-27,29-45H2,1-3H3/b10-7-,16-13-,20-17-,21-18-,22-19-,28-25-. The van der Waals surface area contributed by atoms with E-state index in [-0.39, 0.29) is 31.1 Å². The molecule has 0 aliphatic heterocycles. The van der Waals surface area contributed by atoms with E-state index in [2.05, 4.69) is 57.2 Å². The molecule has 314 valence electrons. The lowest BCUT2D eigenvalue weighted by molar-refractivity contribution is -0.167. The van der Waals surface area contributed by atoms with Crippen LogP contribution >= 0.6 is 0 Å². The summed E-state index contributed by atoms with van der Waals surface area (Å²) in [5.74, 6) is -0.962. The van der Waals surface area contributed by atoms with Crippen molar-refractivity contribution in [1.82, 2.24) is 0 Å². The third-order valence-corrected chi connectivity index (χ3v) is 9.26. The van der Waals surface area contributed by atoms with E-state index >= 15 is 0 Å². The third kappa shape index (κ3) is 41.8. The first-order chi connectivity index (χ1) is 27.0. The van der Waals surface area contributed by atoms with Crippen LogP contribution in [0.25, 0.3) is 0 Å². The highest BCUT2D eigenvalue weighted by atomic mass is 16.6. The van der Waals surface area contributed by atoms with Gasteiger partial charge in [0.25, 0.3) is 0 Å². The summed E-state index contributed by atoms with van der Waals surface area (Å²) >= 11 is 0. The molecular formula is C49H82O6. The SMILES string of the molecule is CC\C=C/C=C\C=C/C=C\CCCCCC(=O)OCC(COC(=O)CCCCCCC/C=C\CCCCC)OC(=O)CCCCCCC/C=C\CCCCC. The van der Waals surface area contributed by atoms with Gasteiger partial charge < -0.3 is 14.2 Å². The van der Waals surface area contributed by atoms with Crippen molar-refractivity contribution in [2.24, 2.45) is 0 Å². The first kappa shape index (κ1) is 51.9. The number of carbonyl (C=O) groups excluding carboxylic acids is 3. The van der Waals surface area contributed by atoms with Crippen molar-refractivity contribution in [3.8, 4) is 0 Å². The first-order valence-electron chi connectivity index (χ1n) is 22.5. The average Bonchev–Trinajstić information content (AvgIpc) is 3.18. The lowest BCUT2D eigenvalue weighted by atomic mass is 10.1. The molecule has 55 heavy (non-hydrogen) atoms. The molecule has 0 bridgehead atoms. The van der Waals surface area contributed by atoms with Crippen molar-refractivity contribution >= 4 is 17.9 Å². The van der Waals surface area contributed by atoms with Gasteiger partial charge in [0.15, 0.2) is 6.10 Å². The Labute approximate surface area is 338 Å².